The predicted molar refractivity (Wildman–Crippen MR) is 143 cm³/mol. The first-order valence-electron chi connectivity index (χ1n) is 12.6. The lowest BCUT2D eigenvalue weighted by atomic mass is 10.1. The van der Waals surface area contributed by atoms with E-state index in [-0.39, 0.29) is 19.2 Å². The summed E-state index contributed by atoms with van der Waals surface area (Å²) < 4.78 is 41.2. The van der Waals surface area contributed by atoms with Crippen LogP contribution in [0.4, 0.5) is 0 Å². The van der Waals surface area contributed by atoms with E-state index in [0.29, 0.717) is 17.9 Å². The highest BCUT2D eigenvalue weighted by atomic mass is 32.2. The SMILES string of the molecule is CCN(CC)CCOc1ccc(C[C@H]2COc3ccccc3CN2S(=O)(=O)c2ccc(C)cc2)cc1. The summed E-state index contributed by atoms with van der Waals surface area (Å²) in [5.41, 5.74) is 2.93. The highest BCUT2D eigenvalue weighted by Crippen LogP contribution is 2.30. The molecule has 192 valence electrons. The van der Waals surface area contributed by atoms with Gasteiger partial charge in [0.1, 0.15) is 24.7 Å². The Kier molecular flexibility index (Phi) is 8.67. The predicted octanol–water partition coefficient (Wildman–Crippen LogP) is 4.91. The van der Waals surface area contributed by atoms with Crippen molar-refractivity contribution < 1.29 is 17.9 Å². The van der Waals surface area contributed by atoms with Crippen LogP contribution in [0.3, 0.4) is 0 Å². The molecule has 0 saturated carbocycles. The maximum atomic E-state index is 13.8. The van der Waals surface area contributed by atoms with Crippen LogP contribution in [0.1, 0.15) is 30.5 Å². The van der Waals surface area contributed by atoms with Crippen molar-refractivity contribution in [3.05, 3.63) is 89.5 Å². The maximum absolute atomic E-state index is 13.8. The van der Waals surface area contributed by atoms with Crippen LogP contribution in [0.5, 0.6) is 11.5 Å². The van der Waals surface area contributed by atoms with Crippen molar-refractivity contribution in [2.45, 2.75) is 44.7 Å². The van der Waals surface area contributed by atoms with E-state index in [9.17, 15) is 8.42 Å². The second kappa shape index (κ2) is 11.9. The van der Waals surface area contributed by atoms with Gasteiger partial charge in [0.15, 0.2) is 0 Å². The molecule has 0 aromatic heterocycles. The molecular formula is C29H36N2O4S. The molecule has 36 heavy (non-hydrogen) atoms. The van der Waals surface area contributed by atoms with E-state index in [1.165, 1.54) is 0 Å². The van der Waals surface area contributed by atoms with Crippen molar-refractivity contribution in [1.29, 1.82) is 0 Å². The first-order valence-corrected chi connectivity index (χ1v) is 14.1. The van der Waals surface area contributed by atoms with Crippen molar-refractivity contribution in [3.8, 4) is 11.5 Å². The number of rotatable bonds is 10. The average molecular weight is 509 g/mol. The molecule has 0 unspecified atom stereocenters. The topological polar surface area (TPSA) is 59.1 Å². The first-order chi connectivity index (χ1) is 17.4. The summed E-state index contributed by atoms with van der Waals surface area (Å²) in [7, 11) is -3.72. The minimum atomic E-state index is -3.72. The van der Waals surface area contributed by atoms with Crippen molar-refractivity contribution in [1.82, 2.24) is 9.21 Å². The van der Waals surface area contributed by atoms with Crippen LogP contribution in [0.15, 0.2) is 77.7 Å². The van der Waals surface area contributed by atoms with E-state index >= 15 is 0 Å². The summed E-state index contributed by atoms with van der Waals surface area (Å²) in [6, 6.07) is 22.3. The average Bonchev–Trinajstić information content (AvgIpc) is 3.08. The smallest absolute Gasteiger partial charge is 0.243 e. The van der Waals surface area contributed by atoms with Crippen LogP contribution in [-0.2, 0) is 23.0 Å². The van der Waals surface area contributed by atoms with Gasteiger partial charge in [-0.3, -0.25) is 0 Å². The van der Waals surface area contributed by atoms with Crippen molar-refractivity contribution in [2.75, 3.05) is 32.8 Å². The lowest BCUT2D eigenvalue weighted by Crippen LogP contribution is -2.43. The third-order valence-electron chi connectivity index (χ3n) is 6.73. The Bertz CT molecular complexity index is 1220. The number of sulfonamides is 1. The van der Waals surface area contributed by atoms with Crippen LogP contribution >= 0.6 is 0 Å². The van der Waals surface area contributed by atoms with Crippen molar-refractivity contribution >= 4 is 10.0 Å². The van der Waals surface area contributed by atoms with E-state index in [0.717, 1.165) is 47.8 Å². The number of nitrogens with zero attached hydrogens (tertiary/aromatic N) is 2. The van der Waals surface area contributed by atoms with Gasteiger partial charge in [0, 0.05) is 18.7 Å². The Labute approximate surface area is 215 Å². The van der Waals surface area contributed by atoms with Crippen molar-refractivity contribution in [2.24, 2.45) is 0 Å². The number of benzene rings is 3. The second-order valence-corrected chi connectivity index (χ2v) is 11.0. The number of ether oxygens (including phenoxy) is 2. The monoisotopic (exact) mass is 508 g/mol. The Hall–Kier alpha value is -2.87. The fourth-order valence-electron chi connectivity index (χ4n) is 4.46. The van der Waals surface area contributed by atoms with Gasteiger partial charge in [0.2, 0.25) is 10.0 Å². The molecule has 6 nitrogen and oxygen atoms in total. The molecule has 4 rings (SSSR count). The number of hydrogen-bond donors (Lipinski definition) is 0. The molecule has 0 amide bonds. The largest absolute Gasteiger partial charge is 0.492 e. The van der Waals surface area contributed by atoms with Crippen LogP contribution in [0.25, 0.3) is 0 Å². The molecule has 0 radical (unpaired) electrons. The van der Waals surface area contributed by atoms with Crippen LogP contribution in [0, 0.1) is 6.92 Å². The van der Waals surface area contributed by atoms with Gasteiger partial charge in [-0.25, -0.2) is 8.42 Å². The molecule has 0 saturated heterocycles. The second-order valence-electron chi connectivity index (χ2n) is 9.16. The molecule has 0 fully saturated rings. The molecular weight excluding hydrogens is 472 g/mol. The van der Waals surface area contributed by atoms with E-state index in [2.05, 4.69) is 18.7 Å². The van der Waals surface area contributed by atoms with Crippen molar-refractivity contribution in [3.63, 3.8) is 0 Å². The number of hydrogen-bond acceptors (Lipinski definition) is 5. The van der Waals surface area contributed by atoms with Crippen LogP contribution in [0.2, 0.25) is 0 Å². The molecule has 1 heterocycles. The Balaban J connectivity index is 1.53. The Morgan fingerprint density at radius 1 is 0.972 bits per heavy atom. The lowest BCUT2D eigenvalue weighted by Gasteiger charge is -2.28. The lowest BCUT2D eigenvalue weighted by molar-refractivity contribution is 0.218. The van der Waals surface area contributed by atoms with Gasteiger partial charge in [-0.1, -0.05) is 61.9 Å². The maximum Gasteiger partial charge on any atom is 0.243 e. The zero-order chi connectivity index (χ0) is 25.5. The Morgan fingerprint density at radius 3 is 2.36 bits per heavy atom. The molecule has 0 bridgehead atoms. The van der Waals surface area contributed by atoms with Gasteiger partial charge in [-0.15, -0.1) is 0 Å². The van der Waals surface area contributed by atoms with Crippen LogP contribution < -0.4 is 9.47 Å². The summed E-state index contributed by atoms with van der Waals surface area (Å²) in [4.78, 5) is 2.62. The molecule has 1 aliphatic heterocycles. The van der Waals surface area contributed by atoms with E-state index in [4.69, 9.17) is 9.47 Å². The molecule has 1 aliphatic rings. The highest BCUT2D eigenvalue weighted by molar-refractivity contribution is 7.89. The summed E-state index contributed by atoms with van der Waals surface area (Å²) in [6.45, 7) is 10.3. The summed E-state index contributed by atoms with van der Waals surface area (Å²) in [6.07, 6.45) is 0.540. The number of para-hydroxylation sites is 1. The molecule has 3 aromatic rings. The van der Waals surface area contributed by atoms with Gasteiger partial charge >= 0.3 is 0 Å². The van der Waals surface area contributed by atoms with E-state index < -0.39 is 10.0 Å². The fourth-order valence-corrected chi connectivity index (χ4v) is 6.04. The summed E-state index contributed by atoms with van der Waals surface area (Å²) >= 11 is 0. The number of likely N-dealkylation sites (N-methyl/N-ethyl adjacent to an activating group) is 1. The molecule has 7 heteroatoms. The number of fused-ring (bicyclic) bond motifs is 1. The summed E-state index contributed by atoms with van der Waals surface area (Å²) in [5.74, 6) is 1.56. The van der Waals surface area contributed by atoms with Gasteiger partial charge in [0.25, 0.3) is 0 Å². The van der Waals surface area contributed by atoms with Gasteiger partial charge in [-0.2, -0.15) is 4.31 Å². The zero-order valence-electron chi connectivity index (χ0n) is 21.4. The highest BCUT2D eigenvalue weighted by Gasteiger charge is 2.35. The first kappa shape index (κ1) is 26.2. The van der Waals surface area contributed by atoms with Crippen LogP contribution in [-0.4, -0.2) is 56.5 Å². The van der Waals surface area contributed by atoms with Gasteiger partial charge in [0.05, 0.1) is 10.9 Å². The molecule has 3 aromatic carbocycles. The molecule has 1 atom stereocenters. The van der Waals surface area contributed by atoms with E-state index in [1.54, 1.807) is 16.4 Å². The minimum absolute atomic E-state index is 0.267. The van der Waals surface area contributed by atoms with E-state index in [1.807, 2.05) is 67.6 Å². The quantitative estimate of drug-likeness (QED) is 0.390. The zero-order valence-corrected chi connectivity index (χ0v) is 22.2. The molecule has 0 aliphatic carbocycles. The van der Waals surface area contributed by atoms with Gasteiger partial charge in [-0.05, 0) is 62.3 Å². The van der Waals surface area contributed by atoms with Gasteiger partial charge < -0.3 is 14.4 Å². The third kappa shape index (κ3) is 6.27. The standard InChI is InChI=1S/C29H36N2O4S/c1-4-30(5-2)18-19-34-27-14-12-24(13-15-27)20-26-22-35-29-9-7-6-8-25(29)21-31(26)36(32,33)28-16-10-23(3)11-17-28/h6-17,26H,4-5,18-22H2,1-3H3/t26-/m0/s1. The molecule has 0 spiro atoms. The summed E-state index contributed by atoms with van der Waals surface area (Å²) in [5, 5.41) is 0. The molecule has 0 N–H and O–H groups in total. The normalized spacial score (nSPS) is 16.3. The minimum Gasteiger partial charge on any atom is -0.492 e. The fraction of sp³-hybridized carbons (Fsp3) is 0.379. The Morgan fingerprint density at radius 2 is 1.67 bits per heavy atom. The number of aryl methyl sites for hydroxylation is 1. The third-order valence-corrected chi connectivity index (χ3v) is 8.64.